The smallest absolute Gasteiger partial charge is 0.282 e. The average molecular weight is 485 g/mol. The molecular weight excluding hydrogens is 465 g/mol. The van der Waals surface area contributed by atoms with E-state index in [4.69, 9.17) is 0 Å². The molecule has 168 valence electrons. The van der Waals surface area contributed by atoms with E-state index in [2.05, 4.69) is 13.2 Å². The van der Waals surface area contributed by atoms with Crippen molar-refractivity contribution in [1.82, 2.24) is 0 Å². The molecule has 0 bridgehead atoms. The van der Waals surface area contributed by atoms with Crippen LogP contribution in [0.4, 0.5) is 13.2 Å². The van der Waals surface area contributed by atoms with Crippen LogP contribution in [0, 0.1) is 0 Å². The number of benzene rings is 3. The molecule has 3 aromatic rings. The minimum atomic E-state index is -4.59. The lowest BCUT2D eigenvalue weighted by Crippen LogP contribution is -2.07. The fourth-order valence-electron chi connectivity index (χ4n) is 2.93. The van der Waals surface area contributed by atoms with E-state index < -0.39 is 16.9 Å². The molecule has 2 nitrogen and oxygen atoms in total. The second kappa shape index (κ2) is 10.3. The number of rotatable bonds is 6. The maximum absolute atomic E-state index is 13.6. The molecule has 0 unspecified atom stereocenters. The van der Waals surface area contributed by atoms with Crippen LogP contribution in [0.25, 0.3) is 22.3 Å². The van der Waals surface area contributed by atoms with Crippen LogP contribution in [0.5, 0.6) is 0 Å². The summed E-state index contributed by atoms with van der Waals surface area (Å²) >= 11 is 1.61. The van der Waals surface area contributed by atoms with Crippen molar-refractivity contribution in [3.63, 3.8) is 0 Å². The fraction of sp³-hybridized carbons (Fsp3) is 0.0769. The number of hydrogen-bond acceptors (Lipinski definition) is 4. The molecular formula is C26H19F3O2S2. The van der Waals surface area contributed by atoms with E-state index >= 15 is 0 Å². The minimum Gasteiger partial charge on any atom is -0.282 e. The van der Waals surface area contributed by atoms with Gasteiger partial charge in [0.2, 0.25) is 10.2 Å². The van der Waals surface area contributed by atoms with Crippen LogP contribution in [-0.4, -0.2) is 10.2 Å². The summed E-state index contributed by atoms with van der Waals surface area (Å²) < 4.78 is 40.7. The van der Waals surface area contributed by atoms with Gasteiger partial charge in [0.05, 0.1) is 5.56 Å². The molecule has 0 saturated carbocycles. The van der Waals surface area contributed by atoms with Gasteiger partial charge in [0, 0.05) is 9.79 Å². The quantitative estimate of drug-likeness (QED) is 0.262. The lowest BCUT2D eigenvalue weighted by atomic mass is 9.99. The molecule has 0 aliphatic heterocycles. The third-order valence-electron chi connectivity index (χ3n) is 4.63. The van der Waals surface area contributed by atoms with Gasteiger partial charge in [-0.1, -0.05) is 55.6 Å². The fourth-order valence-corrected chi connectivity index (χ4v) is 4.32. The van der Waals surface area contributed by atoms with Gasteiger partial charge in [-0.05, 0) is 88.6 Å². The Morgan fingerprint density at radius 3 is 1.79 bits per heavy atom. The predicted octanol–water partition coefficient (Wildman–Crippen LogP) is 8.04. The van der Waals surface area contributed by atoms with Crippen molar-refractivity contribution in [2.75, 3.05) is 0 Å². The summed E-state index contributed by atoms with van der Waals surface area (Å²) in [6.45, 7) is 8.60. The van der Waals surface area contributed by atoms with Gasteiger partial charge in [0.1, 0.15) is 0 Å². The molecule has 0 amide bonds. The van der Waals surface area contributed by atoms with Gasteiger partial charge in [-0.2, -0.15) is 13.2 Å². The molecule has 3 aromatic carbocycles. The van der Waals surface area contributed by atoms with E-state index in [9.17, 15) is 22.8 Å². The topological polar surface area (TPSA) is 34.1 Å². The summed E-state index contributed by atoms with van der Waals surface area (Å²) in [5.41, 5.74) is 2.44. The first-order chi connectivity index (χ1) is 15.6. The second-order valence-corrected chi connectivity index (χ2v) is 9.20. The van der Waals surface area contributed by atoms with Gasteiger partial charge in [0.15, 0.2) is 0 Å². The normalized spacial score (nSPS) is 11.2. The summed E-state index contributed by atoms with van der Waals surface area (Å²) in [6.07, 6.45) is -3.61. The highest BCUT2D eigenvalue weighted by molar-refractivity contribution is 8.14. The predicted molar refractivity (Wildman–Crippen MR) is 129 cm³/mol. The molecule has 33 heavy (non-hydrogen) atoms. The zero-order chi connectivity index (χ0) is 24.2. The Morgan fingerprint density at radius 2 is 1.30 bits per heavy atom. The molecule has 0 atom stereocenters. The lowest BCUT2D eigenvalue weighted by molar-refractivity contribution is -0.139. The van der Waals surface area contributed by atoms with Crippen molar-refractivity contribution < 1.29 is 22.8 Å². The monoisotopic (exact) mass is 484 g/mol. The zero-order valence-corrected chi connectivity index (χ0v) is 19.2. The van der Waals surface area contributed by atoms with Crippen LogP contribution in [0.3, 0.4) is 0 Å². The second-order valence-electron chi connectivity index (χ2n) is 7.11. The Labute approximate surface area is 198 Å². The Hall–Kier alpha value is -3.03. The number of carbonyl (C=O) groups excluding carboxylic acids is 2. The first-order valence-electron chi connectivity index (χ1n) is 9.72. The van der Waals surface area contributed by atoms with Gasteiger partial charge in [-0.3, -0.25) is 9.59 Å². The molecule has 0 N–H and O–H groups in total. The third kappa shape index (κ3) is 6.27. The van der Waals surface area contributed by atoms with E-state index in [0.29, 0.717) is 28.5 Å². The molecule has 0 fully saturated rings. The van der Waals surface area contributed by atoms with Gasteiger partial charge < -0.3 is 0 Å². The summed E-state index contributed by atoms with van der Waals surface area (Å²) in [4.78, 5) is 24.0. The highest BCUT2D eigenvalue weighted by Gasteiger charge is 2.34. The Bertz CT molecular complexity index is 1210. The van der Waals surface area contributed by atoms with Crippen molar-refractivity contribution in [2.45, 2.75) is 22.9 Å². The van der Waals surface area contributed by atoms with E-state index in [1.165, 1.54) is 6.07 Å². The van der Waals surface area contributed by atoms with E-state index in [0.717, 1.165) is 39.9 Å². The Balaban J connectivity index is 1.85. The summed E-state index contributed by atoms with van der Waals surface area (Å²) in [7, 11) is 0. The van der Waals surface area contributed by atoms with E-state index in [1.54, 1.807) is 25.1 Å². The largest absolute Gasteiger partial charge is 0.417 e. The molecule has 0 heterocycles. The molecule has 7 heteroatoms. The van der Waals surface area contributed by atoms with Crippen molar-refractivity contribution in [3.8, 4) is 22.3 Å². The molecule has 0 radical (unpaired) electrons. The number of carbonyl (C=O) groups is 2. The molecule has 3 rings (SSSR count). The average Bonchev–Trinajstić information content (AvgIpc) is 2.79. The molecule has 0 aliphatic carbocycles. The highest BCUT2D eigenvalue weighted by atomic mass is 32.2. The Morgan fingerprint density at radius 1 is 0.818 bits per heavy atom. The number of alkyl halides is 3. The van der Waals surface area contributed by atoms with Crippen molar-refractivity contribution >= 4 is 33.8 Å². The van der Waals surface area contributed by atoms with Crippen LogP contribution < -0.4 is 0 Å². The van der Waals surface area contributed by atoms with Gasteiger partial charge in [-0.15, -0.1) is 0 Å². The third-order valence-corrected chi connectivity index (χ3v) is 6.61. The highest BCUT2D eigenvalue weighted by Crippen LogP contribution is 2.39. The summed E-state index contributed by atoms with van der Waals surface area (Å²) in [5, 5.41) is -0.644. The maximum Gasteiger partial charge on any atom is 0.417 e. The zero-order valence-electron chi connectivity index (χ0n) is 17.6. The molecule has 0 aliphatic rings. The van der Waals surface area contributed by atoms with Crippen LogP contribution >= 0.6 is 23.5 Å². The van der Waals surface area contributed by atoms with Gasteiger partial charge in [-0.25, -0.2) is 0 Å². The van der Waals surface area contributed by atoms with Gasteiger partial charge >= 0.3 is 6.18 Å². The van der Waals surface area contributed by atoms with Crippen molar-refractivity contribution in [2.24, 2.45) is 0 Å². The van der Waals surface area contributed by atoms with E-state index in [-0.39, 0.29) is 10.0 Å². The van der Waals surface area contributed by atoms with Crippen LogP contribution in [0.15, 0.2) is 101 Å². The maximum atomic E-state index is 13.6. The van der Waals surface area contributed by atoms with Crippen LogP contribution in [0.2, 0.25) is 0 Å². The van der Waals surface area contributed by atoms with Crippen molar-refractivity contribution in [1.29, 1.82) is 0 Å². The van der Waals surface area contributed by atoms with Gasteiger partial charge in [0.25, 0.3) is 0 Å². The molecule has 0 saturated heterocycles. The standard InChI is InChI=1S/C26H19F3O2S2/c1-4-24(30)33-23-14-11-20(15-22(23)26(27,28)29)19-7-5-17(6-8-19)18-9-12-21(13-10-18)32-25(31)16(2)3/h4-15H,1-2H2,3H3. The number of thioether (sulfide) groups is 2. The van der Waals surface area contributed by atoms with Crippen LogP contribution in [-0.2, 0) is 15.8 Å². The molecule has 0 aromatic heterocycles. The Kier molecular flexibility index (Phi) is 7.66. The van der Waals surface area contributed by atoms with Crippen LogP contribution in [0.1, 0.15) is 12.5 Å². The number of hydrogen-bond donors (Lipinski definition) is 0. The number of halogens is 3. The minimum absolute atomic E-state index is 0.0939. The van der Waals surface area contributed by atoms with Crippen molar-refractivity contribution in [3.05, 3.63) is 97.1 Å². The van der Waals surface area contributed by atoms with E-state index in [1.807, 2.05) is 36.4 Å². The first kappa shape index (κ1) is 24.6. The SMILES string of the molecule is C=CC(=O)Sc1ccc(-c2ccc(-c3ccc(SC(=O)C(=C)C)cc3)cc2)cc1C(F)(F)F. The first-order valence-corrected chi connectivity index (χ1v) is 11.4. The summed E-state index contributed by atoms with van der Waals surface area (Å²) in [5.74, 6) is 0. The lowest BCUT2D eigenvalue weighted by Gasteiger charge is -2.14. The molecule has 0 spiro atoms. The summed E-state index contributed by atoms with van der Waals surface area (Å²) in [6, 6.07) is 18.5.